The number of carbonyl (C=O) groups excluding carboxylic acids is 4. The topological polar surface area (TPSA) is 114 Å². The van der Waals surface area contributed by atoms with Gasteiger partial charge in [-0.05, 0) is 38.8 Å². The number of esters is 1. The van der Waals surface area contributed by atoms with Gasteiger partial charge in [-0.3, -0.25) is 9.59 Å². The number of fused-ring (bicyclic) bond motifs is 2. The van der Waals surface area contributed by atoms with Crippen molar-refractivity contribution < 1.29 is 33.0 Å². The van der Waals surface area contributed by atoms with E-state index in [-0.39, 0.29) is 29.7 Å². The van der Waals surface area contributed by atoms with E-state index >= 15 is 0 Å². The number of hydrogen-bond donors (Lipinski definition) is 2. The number of nitrogens with one attached hydrogen (secondary N) is 2. The smallest absolute Gasteiger partial charge is 0.418 e. The average Bonchev–Trinajstić information content (AvgIpc) is 3.10. The lowest BCUT2D eigenvalue weighted by Crippen LogP contribution is -2.41. The van der Waals surface area contributed by atoms with Crippen molar-refractivity contribution in [2.75, 3.05) is 18.9 Å². The summed E-state index contributed by atoms with van der Waals surface area (Å²) in [5.41, 5.74) is -2.12. The van der Waals surface area contributed by atoms with E-state index in [4.69, 9.17) is 9.47 Å². The molecule has 10 heteroatoms. The second-order valence-corrected chi connectivity index (χ2v) is 7.83. The predicted molar refractivity (Wildman–Crippen MR) is 98.5 cm³/mol. The summed E-state index contributed by atoms with van der Waals surface area (Å²) in [6.45, 7) is 4.40. The molecule has 29 heavy (non-hydrogen) atoms. The van der Waals surface area contributed by atoms with Crippen LogP contribution >= 0.6 is 0 Å². The monoisotopic (exact) mass is 407 g/mol. The molecule has 0 radical (unpaired) electrons. The zero-order chi connectivity index (χ0) is 21.6. The minimum Gasteiger partial charge on any atom is -0.459 e. The SMILES string of the molecule is CNC(=O)Nc1ccc2c(c1F)CC[C@]21OC(=O)N(CC(=O)OC(C)(C)C)C1=O. The number of benzene rings is 1. The molecule has 1 atom stereocenters. The summed E-state index contributed by atoms with van der Waals surface area (Å²) < 4.78 is 25.3. The van der Waals surface area contributed by atoms with Gasteiger partial charge in [0.2, 0.25) is 5.60 Å². The Kier molecular flexibility index (Phi) is 4.97. The molecule has 9 nitrogen and oxygen atoms in total. The predicted octanol–water partition coefficient (Wildman–Crippen LogP) is 2.04. The number of ether oxygens (including phenoxy) is 2. The summed E-state index contributed by atoms with van der Waals surface area (Å²) >= 11 is 0. The van der Waals surface area contributed by atoms with Gasteiger partial charge >= 0.3 is 18.1 Å². The van der Waals surface area contributed by atoms with Crippen LogP contribution in [0.3, 0.4) is 0 Å². The van der Waals surface area contributed by atoms with Gasteiger partial charge < -0.3 is 20.1 Å². The largest absolute Gasteiger partial charge is 0.459 e. The first kappa shape index (κ1) is 20.6. The highest BCUT2D eigenvalue weighted by Crippen LogP contribution is 2.47. The lowest BCUT2D eigenvalue weighted by atomic mass is 9.94. The van der Waals surface area contributed by atoms with Crippen LogP contribution in [0.4, 0.5) is 19.7 Å². The van der Waals surface area contributed by atoms with E-state index in [1.165, 1.54) is 19.2 Å². The zero-order valence-electron chi connectivity index (χ0n) is 16.6. The van der Waals surface area contributed by atoms with E-state index in [0.717, 1.165) is 0 Å². The number of imide groups is 1. The van der Waals surface area contributed by atoms with Gasteiger partial charge in [-0.2, -0.15) is 0 Å². The highest BCUT2D eigenvalue weighted by Gasteiger charge is 2.59. The highest BCUT2D eigenvalue weighted by atomic mass is 19.1. The third-order valence-corrected chi connectivity index (χ3v) is 4.66. The van der Waals surface area contributed by atoms with Crippen molar-refractivity contribution in [1.29, 1.82) is 0 Å². The van der Waals surface area contributed by atoms with Gasteiger partial charge in [0.1, 0.15) is 18.0 Å². The van der Waals surface area contributed by atoms with Crippen molar-refractivity contribution >= 4 is 29.7 Å². The molecule has 1 saturated heterocycles. The molecule has 156 valence electrons. The molecule has 1 aromatic rings. The Bertz CT molecular complexity index is 910. The van der Waals surface area contributed by atoms with Gasteiger partial charge in [-0.15, -0.1) is 0 Å². The molecule has 3 rings (SSSR count). The molecule has 1 aliphatic carbocycles. The summed E-state index contributed by atoms with van der Waals surface area (Å²) in [5.74, 6) is -2.19. The number of hydrogen-bond acceptors (Lipinski definition) is 6. The van der Waals surface area contributed by atoms with Crippen molar-refractivity contribution in [3.63, 3.8) is 0 Å². The maximum Gasteiger partial charge on any atom is 0.418 e. The Morgan fingerprint density at radius 3 is 2.62 bits per heavy atom. The molecule has 1 spiro atoms. The van der Waals surface area contributed by atoms with E-state index in [1.807, 2.05) is 0 Å². The molecule has 4 amide bonds. The first-order valence-corrected chi connectivity index (χ1v) is 9.06. The van der Waals surface area contributed by atoms with Gasteiger partial charge in [-0.1, -0.05) is 6.07 Å². The number of nitrogens with zero attached hydrogens (tertiary/aromatic N) is 1. The molecule has 1 fully saturated rings. The van der Waals surface area contributed by atoms with Crippen LogP contribution in [0.2, 0.25) is 0 Å². The number of halogens is 1. The summed E-state index contributed by atoms with van der Waals surface area (Å²) in [5, 5.41) is 4.68. The summed E-state index contributed by atoms with van der Waals surface area (Å²) in [7, 11) is 1.39. The quantitative estimate of drug-likeness (QED) is 0.742. The van der Waals surface area contributed by atoms with Gasteiger partial charge in [0.15, 0.2) is 0 Å². The van der Waals surface area contributed by atoms with Gasteiger partial charge in [-0.25, -0.2) is 18.9 Å². The van der Waals surface area contributed by atoms with Crippen molar-refractivity contribution in [3.05, 3.63) is 29.1 Å². The fraction of sp³-hybridized carbons (Fsp3) is 0.474. The minimum atomic E-state index is -1.68. The average molecular weight is 407 g/mol. The number of anilines is 1. The molecule has 0 aromatic heterocycles. The van der Waals surface area contributed by atoms with Crippen molar-refractivity contribution in [3.8, 4) is 0 Å². The molecule has 0 saturated carbocycles. The van der Waals surface area contributed by atoms with E-state index < -0.39 is 47.6 Å². The molecule has 0 unspecified atom stereocenters. The molecular formula is C19H22FN3O6. The zero-order valence-corrected chi connectivity index (χ0v) is 16.6. The second-order valence-electron chi connectivity index (χ2n) is 7.83. The molecule has 2 N–H and O–H groups in total. The van der Waals surface area contributed by atoms with Gasteiger partial charge in [0.25, 0.3) is 5.91 Å². The van der Waals surface area contributed by atoms with Crippen molar-refractivity contribution in [2.24, 2.45) is 0 Å². The van der Waals surface area contributed by atoms with Gasteiger partial charge in [0.05, 0.1) is 5.69 Å². The van der Waals surface area contributed by atoms with Crippen LogP contribution in [-0.4, -0.2) is 48.1 Å². The molecule has 1 aromatic carbocycles. The van der Waals surface area contributed by atoms with Crippen LogP contribution in [-0.2, 0) is 31.1 Å². The maximum absolute atomic E-state index is 14.8. The van der Waals surface area contributed by atoms with Crippen LogP contribution < -0.4 is 10.6 Å². The fourth-order valence-corrected chi connectivity index (χ4v) is 3.48. The van der Waals surface area contributed by atoms with E-state index in [0.29, 0.717) is 4.90 Å². The number of rotatable bonds is 3. The standard InChI is InChI=1S/C19H22FN3O6/c1-18(2,3)28-13(24)9-23-15(25)19(29-17(23)27)8-7-10-11(19)5-6-12(14(10)20)22-16(26)21-4/h5-6H,7-9H2,1-4H3,(H2,21,22,26)/t19-/m0/s1. The lowest BCUT2D eigenvalue weighted by molar-refractivity contribution is -0.157. The van der Waals surface area contributed by atoms with Crippen molar-refractivity contribution in [1.82, 2.24) is 10.2 Å². The summed E-state index contributed by atoms with van der Waals surface area (Å²) in [6, 6.07) is 2.15. The minimum absolute atomic E-state index is 0.0398. The fourth-order valence-electron chi connectivity index (χ4n) is 3.48. The van der Waals surface area contributed by atoms with E-state index in [1.54, 1.807) is 20.8 Å². The Morgan fingerprint density at radius 1 is 1.31 bits per heavy atom. The molecule has 1 aliphatic heterocycles. The molecule has 1 heterocycles. The number of urea groups is 1. The Morgan fingerprint density at radius 2 is 2.00 bits per heavy atom. The second kappa shape index (κ2) is 7.02. The van der Waals surface area contributed by atoms with Crippen molar-refractivity contribution in [2.45, 2.75) is 44.8 Å². The van der Waals surface area contributed by atoms with Crippen LogP contribution in [0.5, 0.6) is 0 Å². The summed E-state index contributed by atoms with van der Waals surface area (Å²) in [4.78, 5) is 49.5. The first-order chi connectivity index (χ1) is 13.5. The van der Waals surface area contributed by atoms with Crippen LogP contribution in [0.25, 0.3) is 0 Å². The number of amides is 4. The maximum atomic E-state index is 14.8. The first-order valence-electron chi connectivity index (χ1n) is 9.06. The Labute approximate surface area is 166 Å². The van der Waals surface area contributed by atoms with Gasteiger partial charge in [0, 0.05) is 19.0 Å². The van der Waals surface area contributed by atoms with E-state index in [9.17, 15) is 23.6 Å². The summed E-state index contributed by atoms with van der Waals surface area (Å²) in [6.07, 6.45) is -0.816. The third-order valence-electron chi connectivity index (χ3n) is 4.66. The van der Waals surface area contributed by atoms with Crippen LogP contribution in [0.15, 0.2) is 12.1 Å². The lowest BCUT2D eigenvalue weighted by Gasteiger charge is -2.22. The molecule has 2 aliphatic rings. The Balaban J connectivity index is 1.87. The third kappa shape index (κ3) is 3.62. The van der Waals surface area contributed by atoms with Crippen LogP contribution in [0.1, 0.15) is 38.3 Å². The van der Waals surface area contributed by atoms with E-state index in [2.05, 4.69) is 10.6 Å². The Hall–Kier alpha value is -3.17. The number of carbonyl (C=O) groups is 4. The molecule has 0 bridgehead atoms. The molecular weight excluding hydrogens is 385 g/mol. The van der Waals surface area contributed by atoms with Crippen LogP contribution in [0, 0.1) is 5.82 Å². The highest BCUT2D eigenvalue weighted by molar-refractivity contribution is 6.06. The normalized spacial score (nSPS) is 20.5.